The molecule has 34 heavy (non-hydrogen) atoms. The summed E-state index contributed by atoms with van der Waals surface area (Å²) in [6.45, 7) is 14.4. The van der Waals surface area contributed by atoms with Crippen LogP contribution in [-0.4, -0.2) is 0 Å². The first-order chi connectivity index (χ1) is 16.2. The summed E-state index contributed by atoms with van der Waals surface area (Å²) in [6, 6.07) is 7.00. The van der Waals surface area contributed by atoms with Gasteiger partial charge in [-0.3, -0.25) is 0 Å². The molecular formula is C33H48Br. The van der Waals surface area contributed by atoms with Crippen molar-refractivity contribution < 1.29 is 0 Å². The van der Waals surface area contributed by atoms with Crippen molar-refractivity contribution in [1.82, 2.24) is 0 Å². The fourth-order valence-electron chi connectivity index (χ4n) is 6.04. The van der Waals surface area contributed by atoms with Gasteiger partial charge in [-0.2, -0.15) is 0 Å². The number of hydrogen-bond donors (Lipinski definition) is 0. The number of hydrogen-bond acceptors (Lipinski definition) is 0. The predicted molar refractivity (Wildman–Crippen MR) is 154 cm³/mol. The quantitative estimate of drug-likeness (QED) is 0.212. The van der Waals surface area contributed by atoms with Crippen molar-refractivity contribution in [3.05, 3.63) is 63.7 Å². The molecule has 187 valence electrons. The van der Waals surface area contributed by atoms with Crippen LogP contribution in [0.4, 0.5) is 0 Å². The molecule has 0 saturated carbocycles. The molecular weight excluding hydrogens is 476 g/mol. The average molecular weight is 525 g/mol. The van der Waals surface area contributed by atoms with Gasteiger partial charge in [0.1, 0.15) is 0 Å². The number of halogens is 1. The van der Waals surface area contributed by atoms with Gasteiger partial charge in [0.2, 0.25) is 0 Å². The molecule has 0 saturated heterocycles. The van der Waals surface area contributed by atoms with E-state index >= 15 is 0 Å². The molecule has 0 fully saturated rings. The van der Waals surface area contributed by atoms with E-state index < -0.39 is 0 Å². The van der Waals surface area contributed by atoms with Gasteiger partial charge in [0.25, 0.3) is 0 Å². The smallest absolute Gasteiger partial charge is 0.0456 e. The molecule has 2 aliphatic carbocycles. The van der Waals surface area contributed by atoms with Crippen LogP contribution in [0.5, 0.6) is 0 Å². The Kier molecular flexibility index (Phi) is 10.4. The van der Waals surface area contributed by atoms with E-state index in [9.17, 15) is 0 Å². The molecule has 2 atom stereocenters. The third-order valence-corrected chi connectivity index (χ3v) is 8.74. The van der Waals surface area contributed by atoms with Crippen molar-refractivity contribution in [2.45, 2.75) is 111 Å². The van der Waals surface area contributed by atoms with Crippen LogP contribution < -0.4 is 0 Å². The van der Waals surface area contributed by atoms with Gasteiger partial charge >= 0.3 is 0 Å². The Labute approximate surface area is 219 Å². The van der Waals surface area contributed by atoms with Crippen LogP contribution in [-0.2, 0) is 5.41 Å². The molecule has 0 aromatic heterocycles. The lowest BCUT2D eigenvalue weighted by Crippen LogP contribution is -2.31. The first-order valence-corrected chi connectivity index (χ1v) is 14.8. The second kappa shape index (κ2) is 12.8. The summed E-state index contributed by atoms with van der Waals surface area (Å²) in [5.41, 5.74) is 8.04. The molecule has 2 aliphatic rings. The SMILES string of the molecule is CC(C)CCC[C@H](C)CCC1(CC[C@@H](C)CCCC(C)C)[C]2C=C=CC=C2c2ccc(Br)cc21. The van der Waals surface area contributed by atoms with Gasteiger partial charge in [-0.15, -0.1) is 5.73 Å². The van der Waals surface area contributed by atoms with Crippen LogP contribution in [0, 0.1) is 29.6 Å². The third-order valence-electron chi connectivity index (χ3n) is 8.25. The minimum Gasteiger partial charge on any atom is -0.124 e. The fourth-order valence-corrected chi connectivity index (χ4v) is 6.40. The Balaban J connectivity index is 1.81. The molecule has 1 radical (unpaired) electrons. The fraction of sp³-hybridized carbons (Fsp3) is 0.636. The summed E-state index contributed by atoms with van der Waals surface area (Å²) >= 11 is 3.81. The van der Waals surface area contributed by atoms with Gasteiger partial charge in [-0.05, 0) is 96.4 Å². The Morgan fingerprint density at radius 1 is 0.794 bits per heavy atom. The van der Waals surface area contributed by atoms with Crippen LogP contribution >= 0.6 is 15.9 Å². The lowest BCUT2D eigenvalue weighted by molar-refractivity contribution is 0.315. The Hall–Kier alpha value is -1.04. The van der Waals surface area contributed by atoms with Crippen molar-refractivity contribution in [3.8, 4) is 0 Å². The highest BCUT2D eigenvalue weighted by Crippen LogP contribution is 2.58. The summed E-state index contributed by atoms with van der Waals surface area (Å²) < 4.78 is 1.21. The van der Waals surface area contributed by atoms with Crippen molar-refractivity contribution in [1.29, 1.82) is 0 Å². The zero-order valence-electron chi connectivity index (χ0n) is 22.7. The second-order valence-corrected chi connectivity index (χ2v) is 13.1. The molecule has 1 heteroatoms. The van der Waals surface area contributed by atoms with E-state index in [-0.39, 0.29) is 5.41 Å². The van der Waals surface area contributed by atoms with Crippen molar-refractivity contribution in [2.75, 3.05) is 0 Å². The molecule has 0 amide bonds. The molecule has 0 N–H and O–H groups in total. The van der Waals surface area contributed by atoms with Crippen molar-refractivity contribution >= 4 is 21.5 Å². The standard InChI is InChI=1S/C33H48Br/c1-24(2)11-9-13-26(5)19-21-33(22-20-27(6)14-10-12-25(3)4)31-16-8-7-15-29(31)30-18-17-28(34)23-32(30)33/h7,15-18,23-27H,9-14,19-22H2,1-6H3/t26-,27-/m0/s1. The highest BCUT2D eigenvalue weighted by molar-refractivity contribution is 9.10. The summed E-state index contributed by atoms with van der Waals surface area (Å²) in [4.78, 5) is 0. The number of rotatable bonds is 14. The molecule has 0 nitrogen and oxygen atoms in total. The largest absolute Gasteiger partial charge is 0.124 e. The Bertz CT molecular complexity index is 856. The third kappa shape index (κ3) is 7.01. The number of fused-ring (bicyclic) bond motifs is 3. The zero-order valence-corrected chi connectivity index (χ0v) is 24.3. The van der Waals surface area contributed by atoms with Gasteiger partial charge in [0, 0.05) is 15.8 Å². The van der Waals surface area contributed by atoms with E-state index in [2.05, 4.69) is 99.6 Å². The van der Waals surface area contributed by atoms with Gasteiger partial charge in [0.05, 0.1) is 0 Å². The topological polar surface area (TPSA) is 0 Å². The van der Waals surface area contributed by atoms with E-state index in [1.807, 2.05) is 0 Å². The monoisotopic (exact) mass is 523 g/mol. The molecule has 0 bridgehead atoms. The summed E-state index contributed by atoms with van der Waals surface area (Å²) in [5, 5.41) is 0. The van der Waals surface area contributed by atoms with Crippen LogP contribution in [0.1, 0.15) is 117 Å². The van der Waals surface area contributed by atoms with Crippen LogP contribution in [0.25, 0.3) is 5.57 Å². The predicted octanol–water partition coefficient (Wildman–Crippen LogP) is 10.9. The lowest BCUT2D eigenvalue weighted by atomic mass is 9.65. The van der Waals surface area contributed by atoms with Crippen molar-refractivity contribution in [3.63, 3.8) is 0 Å². The highest BCUT2D eigenvalue weighted by Gasteiger charge is 2.48. The van der Waals surface area contributed by atoms with Gasteiger partial charge in [-0.25, -0.2) is 0 Å². The van der Waals surface area contributed by atoms with Gasteiger partial charge < -0.3 is 0 Å². The summed E-state index contributed by atoms with van der Waals surface area (Å²) in [7, 11) is 0. The minimum atomic E-state index is 0.130. The summed E-state index contributed by atoms with van der Waals surface area (Å²) in [6.07, 6.45) is 20.0. The maximum Gasteiger partial charge on any atom is 0.0456 e. The Morgan fingerprint density at radius 2 is 1.38 bits per heavy atom. The summed E-state index contributed by atoms with van der Waals surface area (Å²) in [5.74, 6) is 4.74. The maximum atomic E-state index is 3.81. The first-order valence-electron chi connectivity index (χ1n) is 14.0. The highest BCUT2D eigenvalue weighted by atomic mass is 79.9. The molecule has 0 heterocycles. The average Bonchev–Trinajstić information content (AvgIpc) is 3.05. The molecule has 3 rings (SSSR count). The van der Waals surface area contributed by atoms with Gasteiger partial charge in [0.15, 0.2) is 0 Å². The van der Waals surface area contributed by atoms with Crippen LogP contribution in [0.2, 0.25) is 0 Å². The molecule has 0 unspecified atom stereocenters. The lowest BCUT2D eigenvalue weighted by Gasteiger charge is -2.37. The van der Waals surface area contributed by atoms with Gasteiger partial charge in [-0.1, -0.05) is 102 Å². The maximum absolute atomic E-state index is 3.81. The second-order valence-electron chi connectivity index (χ2n) is 12.2. The zero-order chi connectivity index (χ0) is 24.7. The van der Waals surface area contributed by atoms with Crippen molar-refractivity contribution in [2.24, 2.45) is 23.7 Å². The van der Waals surface area contributed by atoms with E-state index in [4.69, 9.17) is 0 Å². The van der Waals surface area contributed by atoms with Crippen LogP contribution in [0.15, 0.2) is 46.6 Å². The Morgan fingerprint density at radius 3 is 1.94 bits per heavy atom. The normalized spacial score (nSPS) is 18.3. The van der Waals surface area contributed by atoms with E-state index in [0.29, 0.717) is 0 Å². The van der Waals surface area contributed by atoms with E-state index in [1.54, 1.807) is 5.56 Å². The van der Waals surface area contributed by atoms with E-state index in [0.717, 1.165) is 23.7 Å². The van der Waals surface area contributed by atoms with Crippen LogP contribution in [0.3, 0.4) is 0 Å². The molecule has 0 aliphatic heterocycles. The molecule has 0 spiro atoms. The molecule has 1 aromatic carbocycles. The number of allylic oxidation sites excluding steroid dienone is 3. The van der Waals surface area contributed by atoms with E-state index in [1.165, 1.54) is 85.7 Å². The molecule has 1 aromatic rings. The first kappa shape index (κ1) is 27.5. The number of benzene rings is 1. The minimum absolute atomic E-state index is 0.130.